The Balaban J connectivity index is 0.000000169. The number of nitrogens with one attached hydrogen (secondary N) is 3. The van der Waals surface area contributed by atoms with Crippen molar-refractivity contribution in [2.45, 2.75) is 32.0 Å². The Kier molecular flexibility index (Phi) is 18.6. The van der Waals surface area contributed by atoms with Crippen LogP contribution in [-0.4, -0.2) is 55.7 Å². The standard InChI is InChI=1S/C19H16ClN5O3.C19H18ClN5O.C18H14Cl2N2O/c20-14-9-23-16(25-19(21)22)13-8-11(6-7-12(13)14)17(26)24-15(18(27)28)10-4-2-1-3-5-10;1-11(12-5-3-2-4-6-12)24-18(26)13-7-8-14-15(9-13)17(25-19(21)22)23-10-16(14)20;1-11(12-5-3-2-4-6-12)22-18(23)13-7-8-14-15(9-13)17(20)21-10-16(14)19/h1-9,15H,(H,24,26)(H,27,28)(H4,21,22,23,25);2-11H,1H3,(H,24,26)(H4,21,22,23,25);2-11H,1H3,(H,22,23). The lowest BCUT2D eigenvalue weighted by molar-refractivity contribution is -0.139. The van der Waals surface area contributed by atoms with Crippen LogP contribution in [0, 0.1) is 0 Å². The van der Waals surface area contributed by atoms with Gasteiger partial charge in [-0.1, -0.05) is 156 Å². The molecule has 0 aliphatic carbocycles. The molecule has 9 rings (SSSR count). The van der Waals surface area contributed by atoms with Crippen LogP contribution in [0.3, 0.4) is 0 Å². The van der Waals surface area contributed by atoms with Crippen molar-refractivity contribution in [3.8, 4) is 0 Å². The molecular weight excluding hydrogens is 1060 g/mol. The second kappa shape index (κ2) is 25.6. The summed E-state index contributed by atoms with van der Waals surface area (Å²) in [6.07, 6.45) is 4.38. The second-order valence-electron chi connectivity index (χ2n) is 17.0. The van der Waals surface area contributed by atoms with E-state index in [1.54, 1.807) is 72.8 Å². The number of guanidine groups is 2. The van der Waals surface area contributed by atoms with Crippen LogP contribution >= 0.6 is 46.4 Å². The van der Waals surface area contributed by atoms with E-state index in [1.807, 2.05) is 74.5 Å². The van der Waals surface area contributed by atoms with Crippen LogP contribution in [0.1, 0.15) is 79.7 Å². The number of hydrogen-bond donors (Lipinski definition) is 8. The molecule has 12 N–H and O–H groups in total. The molecule has 0 saturated heterocycles. The maximum atomic E-state index is 12.7. The first-order valence-corrected chi connectivity index (χ1v) is 24.8. The van der Waals surface area contributed by atoms with Crippen molar-refractivity contribution in [3.05, 3.63) is 218 Å². The number of aromatic nitrogens is 3. The summed E-state index contributed by atoms with van der Waals surface area (Å²) in [5, 5.41) is 23.4. The molecule has 0 radical (unpaired) electrons. The number of fused-ring (bicyclic) bond motifs is 3. The highest BCUT2D eigenvalue weighted by Gasteiger charge is 2.23. The average Bonchev–Trinajstić information content (AvgIpc) is 3.44. The zero-order chi connectivity index (χ0) is 55.3. The maximum absolute atomic E-state index is 12.7. The summed E-state index contributed by atoms with van der Waals surface area (Å²) in [7, 11) is 0. The van der Waals surface area contributed by atoms with Crippen molar-refractivity contribution in [3.63, 3.8) is 0 Å². The number of carboxylic acid groups (broad SMARTS) is 1. The van der Waals surface area contributed by atoms with Gasteiger partial charge in [-0.15, -0.1) is 0 Å². The van der Waals surface area contributed by atoms with Crippen molar-refractivity contribution in [1.82, 2.24) is 30.9 Å². The molecule has 3 unspecified atom stereocenters. The summed E-state index contributed by atoms with van der Waals surface area (Å²) in [6, 6.07) is 41.6. The van der Waals surface area contributed by atoms with Gasteiger partial charge in [-0.2, -0.15) is 9.98 Å². The zero-order valence-electron chi connectivity index (χ0n) is 41.0. The van der Waals surface area contributed by atoms with Crippen molar-refractivity contribution in [2.75, 3.05) is 0 Å². The van der Waals surface area contributed by atoms with Crippen LogP contribution in [0.15, 0.2) is 174 Å². The molecular formula is C56H48Cl4N12O5. The van der Waals surface area contributed by atoms with Gasteiger partial charge in [0.15, 0.2) is 29.6 Å². The predicted octanol–water partition coefficient (Wildman–Crippen LogP) is 10.7. The molecule has 9 aromatic rings. The minimum absolute atomic E-state index is 0.0904. The number of aliphatic imine (C=N–C) groups is 2. The van der Waals surface area contributed by atoms with Crippen LogP contribution in [0.2, 0.25) is 20.2 Å². The summed E-state index contributed by atoms with van der Waals surface area (Å²) >= 11 is 24.5. The van der Waals surface area contributed by atoms with E-state index >= 15 is 0 Å². The zero-order valence-corrected chi connectivity index (χ0v) is 44.0. The summed E-state index contributed by atoms with van der Waals surface area (Å²) in [4.78, 5) is 69.6. The molecule has 3 heterocycles. The van der Waals surface area contributed by atoms with Gasteiger partial charge in [0, 0.05) is 67.6 Å². The van der Waals surface area contributed by atoms with Gasteiger partial charge < -0.3 is 44.0 Å². The number of rotatable bonds is 12. The summed E-state index contributed by atoms with van der Waals surface area (Å²) in [6.45, 7) is 3.87. The normalized spacial score (nSPS) is 11.8. The van der Waals surface area contributed by atoms with Gasteiger partial charge in [-0.3, -0.25) is 14.4 Å². The van der Waals surface area contributed by atoms with E-state index in [0.717, 1.165) is 16.5 Å². The third kappa shape index (κ3) is 14.3. The summed E-state index contributed by atoms with van der Waals surface area (Å²) in [5.41, 5.74) is 25.5. The van der Waals surface area contributed by atoms with E-state index < -0.39 is 17.9 Å². The molecule has 0 aliphatic heterocycles. The molecule has 0 bridgehead atoms. The summed E-state index contributed by atoms with van der Waals surface area (Å²) < 4.78 is 0. The topological polar surface area (TPSA) is 292 Å². The highest BCUT2D eigenvalue weighted by Crippen LogP contribution is 2.33. The molecule has 0 spiro atoms. The van der Waals surface area contributed by atoms with E-state index in [-0.39, 0.29) is 47.2 Å². The van der Waals surface area contributed by atoms with Gasteiger partial charge in [0.25, 0.3) is 17.7 Å². The van der Waals surface area contributed by atoms with Crippen molar-refractivity contribution >= 4 is 126 Å². The fraction of sp³-hybridized carbons (Fsp3) is 0.0893. The van der Waals surface area contributed by atoms with E-state index in [1.165, 1.54) is 30.7 Å². The number of aliphatic carboxylic acids is 1. The molecule has 17 nitrogen and oxygen atoms in total. The monoisotopic (exact) mass is 1110 g/mol. The lowest BCUT2D eigenvalue weighted by Crippen LogP contribution is -2.33. The summed E-state index contributed by atoms with van der Waals surface area (Å²) in [5.74, 6) is -1.92. The number of amides is 3. The molecule has 6 aromatic carbocycles. The van der Waals surface area contributed by atoms with Crippen LogP contribution in [-0.2, 0) is 4.79 Å². The number of benzene rings is 6. The third-order valence-corrected chi connectivity index (χ3v) is 12.8. The second-order valence-corrected chi connectivity index (χ2v) is 18.6. The number of halogens is 4. The van der Waals surface area contributed by atoms with Crippen molar-refractivity contribution in [1.29, 1.82) is 0 Å². The maximum Gasteiger partial charge on any atom is 0.330 e. The molecule has 21 heteroatoms. The molecule has 3 aromatic heterocycles. The van der Waals surface area contributed by atoms with Gasteiger partial charge in [0.2, 0.25) is 0 Å². The van der Waals surface area contributed by atoms with E-state index in [2.05, 4.69) is 40.9 Å². The Morgan fingerprint density at radius 1 is 0.455 bits per heavy atom. The fourth-order valence-electron chi connectivity index (χ4n) is 7.77. The molecule has 0 saturated carbocycles. The highest BCUT2D eigenvalue weighted by atomic mass is 35.5. The quantitative estimate of drug-likeness (QED) is 0.0322. The number of hydrogen-bond acceptors (Lipinski definition) is 9. The van der Waals surface area contributed by atoms with Gasteiger partial charge in [-0.05, 0) is 66.9 Å². The lowest BCUT2D eigenvalue weighted by atomic mass is 10.0. The molecule has 0 aliphatic rings. The minimum Gasteiger partial charge on any atom is -0.479 e. The van der Waals surface area contributed by atoms with Gasteiger partial charge in [0.1, 0.15) is 5.15 Å². The van der Waals surface area contributed by atoms with E-state index in [0.29, 0.717) is 69.7 Å². The number of carbonyl (C=O) groups is 4. The van der Waals surface area contributed by atoms with Crippen LogP contribution in [0.4, 0.5) is 11.6 Å². The van der Waals surface area contributed by atoms with Crippen LogP contribution in [0.25, 0.3) is 32.3 Å². The average molecular weight is 1110 g/mol. The SMILES string of the molecule is CC(NC(=O)c1ccc2c(Cl)cnc(Cl)c2c1)c1ccccc1.CC(NC(=O)c1ccc2c(Cl)cnc(N=C(N)N)c2c1)c1ccccc1.NC(N)=Nc1ncc(Cl)c2ccc(C(=O)NC(C(=O)O)c3ccccc3)cc12. The number of nitrogens with zero attached hydrogens (tertiary/aromatic N) is 5. The molecule has 3 amide bonds. The Morgan fingerprint density at radius 2 is 0.792 bits per heavy atom. The Labute approximate surface area is 461 Å². The number of carboxylic acids is 1. The number of nitrogens with two attached hydrogens (primary N) is 4. The third-order valence-electron chi connectivity index (χ3n) is 11.6. The number of pyridine rings is 3. The molecule has 3 atom stereocenters. The van der Waals surface area contributed by atoms with E-state index in [9.17, 15) is 24.3 Å². The molecule has 0 fully saturated rings. The van der Waals surface area contributed by atoms with Gasteiger partial charge >= 0.3 is 5.97 Å². The fourth-order valence-corrected chi connectivity index (χ4v) is 8.61. The van der Waals surface area contributed by atoms with Crippen molar-refractivity contribution in [2.24, 2.45) is 32.9 Å². The predicted molar refractivity (Wildman–Crippen MR) is 305 cm³/mol. The molecule has 77 heavy (non-hydrogen) atoms. The molecule has 390 valence electrons. The van der Waals surface area contributed by atoms with Gasteiger partial charge in [0.05, 0.1) is 27.2 Å². The first kappa shape index (κ1) is 55.9. The Bertz CT molecular complexity index is 3700. The Hall–Kier alpha value is -8.87. The minimum atomic E-state index is -1.20. The smallest absolute Gasteiger partial charge is 0.330 e. The first-order valence-electron chi connectivity index (χ1n) is 23.3. The highest BCUT2D eigenvalue weighted by molar-refractivity contribution is 6.39. The van der Waals surface area contributed by atoms with Crippen molar-refractivity contribution < 1.29 is 24.3 Å². The van der Waals surface area contributed by atoms with Crippen LogP contribution in [0.5, 0.6) is 0 Å². The van der Waals surface area contributed by atoms with Gasteiger partial charge in [-0.25, -0.2) is 19.7 Å². The Morgan fingerprint density at radius 3 is 1.17 bits per heavy atom. The van der Waals surface area contributed by atoms with Crippen LogP contribution < -0.4 is 38.9 Å². The van der Waals surface area contributed by atoms with E-state index in [4.69, 9.17) is 69.3 Å². The largest absolute Gasteiger partial charge is 0.479 e. The first-order chi connectivity index (χ1) is 36.9. The number of carbonyl (C=O) groups excluding carboxylic acids is 3. The lowest BCUT2D eigenvalue weighted by Gasteiger charge is -2.15.